The van der Waals surface area contributed by atoms with E-state index in [9.17, 15) is 37.5 Å². The van der Waals surface area contributed by atoms with Gasteiger partial charge in [0.25, 0.3) is 0 Å². The SMILES string of the molecule is C=Cc1ccc(N2C(=O)[C@H]3[C@H](CC=C4[C@H](c5cc(OC(F)(F)F)ccc5O)C5=C(C[C@H]43)C(=O)C=C(C)C5=O)C2=O)cc1. The monoisotopic (exact) mass is 575 g/mol. The molecule has 42 heavy (non-hydrogen) atoms. The number of imide groups is 1. The molecule has 1 aliphatic heterocycles. The Labute approximate surface area is 238 Å². The normalized spacial score (nSPS) is 25.5. The van der Waals surface area contributed by atoms with Gasteiger partial charge >= 0.3 is 6.36 Å². The molecule has 0 radical (unpaired) electrons. The third-order valence-corrected chi connectivity index (χ3v) is 8.50. The first kappa shape index (κ1) is 27.4. The molecule has 7 nitrogen and oxygen atoms in total. The number of Topliss-reactive ketones (excluding diaryl/α,β-unsaturated/α-hetero) is 1. The molecule has 10 heteroatoms. The van der Waals surface area contributed by atoms with Crippen LogP contribution in [-0.2, 0) is 19.2 Å². The van der Waals surface area contributed by atoms with E-state index >= 15 is 0 Å². The fraction of sp³-hybridized carbons (Fsp3) is 0.250. The molecule has 4 atom stereocenters. The standard InChI is InChI=1S/C32H24F3NO6/c1-3-16-4-6-17(7-5-16)36-30(40)20-10-9-19-21(27(20)31(36)41)14-23-25(38)12-15(2)29(39)28(23)26(19)22-13-18(8-11-24(22)37)42-32(33,34)35/h3-9,11-13,20-21,26-27,37H,1,10,14H2,2H3/t20-,21+,26+,27-/m0/s1. The topological polar surface area (TPSA) is 101 Å². The Morgan fingerprint density at radius 2 is 1.74 bits per heavy atom. The average Bonchev–Trinajstić information content (AvgIpc) is 3.20. The van der Waals surface area contributed by atoms with Crippen LogP contribution in [0.25, 0.3) is 6.08 Å². The first-order valence-electron chi connectivity index (χ1n) is 13.3. The lowest BCUT2D eigenvalue weighted by Crippen LogP contribution is -2.39. The van der Waals surface area contributed by atoms with Gasteiger partial charge < -0.3 is 9.84 Å². The number of amides is 2. The van der Waals surface area contributed by atoms with Crippen LogP contribution in [0.4, 0.5) is 18.9 Å². The van der Waals surface area contributed by atoms with Crippen LogP contribution in [0, 0.1) is 17.8 Å². The van der Waals surface area contributed by atoms with Crippen molar-refractivity contribution in [2.45, 2.75) is 32.0 Å². The smallest absolute Gasteiger partial charge is 0.508 e. The highest BCUT2D eigenvalue weighted by Gasteiger charge is 2.57. The van der Waals surface area contributed by atoms with Gasteiger partial charge in [0.15, 0.2) is 11.6 Å². The van der Waals surface area contributed by atoms with Crippen molar-refractivity contribution in [3.63, 3.8) is 0 Å². The second kappa shape index (κ2) is 9.68. The van der Waals surface area contributed by atoms with E-state index in [4.69, 9.17) is 0 Å². The van der Waals surface area contributed by atoms with Gasteiger partial charge in [-0.3, -0.25) is 24.1 Å². The number of allylic oxidation sites excluding steroid dienone is 6. The van der Waals surface area contributed by atoms with Gasteiger partial charge in [-0.25, -0.2) is 0 Å². The van der Waals surface area contributed by atoms with Crippen LogP contribution in [-0.4, -0.2) is 34.8 Å². The number of carbonyl (C=O) groups is 4. The summed E-state index contributed by atoms with van der Waals surface area (Å²) in [5.74, 6) is -6.25. The van der Waals surface area contributed by atoms with E-state index in [2.05, 4.69) is 11.3 Å². The minimum absolute atomic E-state index is 0.00501. The number of alkyl halides is 3. The lowest BCUT2D eigenvalue weighted by molar-refractivity contribution is -0.274. The van der Waals surface area contributed by atoms with E-state index in [1.165, 1.54) is 13.0 Å². The van der Waals surface area contributed by atoms with Crippen LogP contribution in [0.2, 0.25) is 0 Å². The minimum Gasteiger partial charge on any atom is -0.508 e. The van der Waals surface area contributed by atoms with Gasteiger partial charge in [0.1, 0.15) is 11.5 Å². The number of anilines is 1. The number of hydrogen-bond acceptors (Lipinski definition) is 6. The zero-order chi connectivity index (χ0) is 30.1. The zero-order valence-corrected chi connectivity index (χ0v) is 22.3. The first-order chi connectivity index (χ1) is 19.9. The predicted octanol–water partition coefficient (Wildman–Crippen LogP) is 5.57. The maximum atomic E-state index is 13.9. The van der Waals surface area contributed by atoms with Crippen LogP contribution in [0.1, 0.15) is 36.8 Å². The van der Waals surface area contributed by atoms with E-state index in [0.29, 0.717) is 11.3 Å². The maximum absolute atomic E-state index is 13.9. The van der Waals surface area contributed by atoms with E-state index in [1.807, 2.05) is 0 Å². The predicted molar refractivity (Wildman–Crippen MR) is 145 cm³/mol. The second-order valence-corrected chi connectivity index (χ2v) is 10.8. The molecule has 4 aliphatic rings. The summed E-state index contributed by atoms with van der Waals surface area (Å²) in [5, 5.41) is 10.9. The molecule has 0 bridgehead atoms. The largest absolute Gasteiger partial charge is 0.573 e. The fourth-order valence-electron chi connectivity index (χ4n) is 6.69. The summed E-state index contributed by atoms with van der Waals surface area (Å²) in [6.45, 7) is 5.18. The molecule has 1 fully saturated rings. The molecular formula is C32H24F3NO6. The Bertz CT molecular complexity index is 1680. The molecule has 2 aromatic rings. The van der Waals surface area contributed by atoms with Crippen LogP contribution in [0.15, 0.2) is 83.5 Å². The number of phenolic OH excluding ortho intramolecular Hbond substituents is 1. The van der Waals surface area contributed by atoms with Crippen LogP contribution >= 0.6 is 0 Å². The Morgan fingerprint density at radius 1 is 1.02 bits per heavy atom. The van der Waals surface area contributed by atoms with Crippen molar-refractivity contribution in [1.29, 1.82) is 0 Å². The zero-order valence-electron chi connectivity index (χ0n) is 22.3. The number of fused-ring (bicyclic) bond motifs is 3. The first-order valence-corrected chi connectivity index (χ1v) is 13.3. The van der Waals surface area contributed by atoms with Crippen LogP contribution in [0.5, 0.6) is 11.5 Å². The second-order valence-electron chi connectivity index (χ2n) is 10.8. The summed E-state index contributed by atoms with van der Waals surface area (Å²) in [4.78, 5) is 55.3. The van der Waals surface area contributed by atoms with Crippen molar-refractivity contribution >= 4 is 35.1 Å². The van der Waals surface area contributed by atoms with E-state index in [1.54, 1.807) is 36.4 Å². The summed E-state index contributed by atoms with van der Waals surface area (Å²) in [7, 11) is 0. The van der Waals surface area contributed by atoms with Crippen molar-refractivity contribution < 1.29 is 42.2 Å². The number of ketones is 2. The van der Waals surface area contributed by atoms with E-state index in [0.717, 1.165) is 28.7 Å². The molecule has 0 unspecified atom stereocenters. The number of carbonyl (C=O) groups excluding carboxylic acids is 4. The van der Waals surface area contributed by atoms with Gasteiger partial charge in [-0.15, -0.1) is 13.2 Å². The Balaban J connectivity index is 1.48. The number of ether oxygens (including phenoxy) is 1. The van der Waals surface area contributed by atoms with Gasteiger partial charge in [-0.05, 0) is 67.7 Å². The molecular weight excluding hydrogens is 551 g/mol. The number of rotatable bonds is 4. The van der Waals surface area contributed by atoms with Crippen molar-refractivity contribution in [3.8, 4) is 11.5 Å². The number of aromatic hydroxyl groups is 1. The number of hydrogen-bond donors (Lipinski definition) is 1. The van der Waals surface area contributed by atoms with Crippen LogP contribution < -0.4 is 9.64 Å². The lowest BCUT2D eigenvalue weighted by Gasteiger charge is -2.42. The Morgan fingerprint density at radius 3 is 2.40 bits per heavy atom. The molecule has 2 amide bonds. The highest BCUT2D eigenvalue weighted by Crippen LogP contribution is 2.56. The summed E-state index contributed by atoms with van der Waals surface area (Å²) in [6, 6.07) is 9.70. The van der Waals surface area contributed by atoms with Gasteiger partial charge in [0, 0.05) is 28.2 Å². The molecule has 0 saturated carbocycles. The molecule has 0 spiro atoms. The highest BCUT2D eigenvalue weighted by atomic mass is 19.4. The Kier molecular flexibility index (Phi) is 6.32. The highest BCUT2D eigenvalue weighted by molar-refractivity contribution is 6.25. The summed E-state index contributed by atoms with van der Waals surface area (Å²) in [5.41, 5.74) is 1.94. The molecule has 1 saturated heterocycles. The molecule has 0 aromatic heterocycles. The van der Waals surface area contributed by atoms with Gasteiger partial charge in [0.2, 0.25) is 11.8 Å². The fourth-order valence-corrected chi connectivity index (χ4v) is 6.69. The molecule has 3 aliphatic carbocycles. The average molecular weight is 576 g/mol. The number of phenols is 1. The molecule has 1 heterocycles. The van der Waals surface area contributed by atoms with Gasteiger partial charge in [-0.2, -0.15) is 0 Å². The summed E-state index contributed by atoms with van der Waals surface area (Å²) < 4.78 is 43.3. The Hall–Kier alpha value is -4.73. The van der Waals surface area contributed by atoms with Gasteiger partial charge in [-0.1, -0.05) is 36.4 Å². The van der Waals surface area contributed by atoms with Crippen molar-refractivity contribution in [2.24, 2.45) is 17.8 Å². The summed E-state index contributed by atoms with van der Waals surface area (Å²) in [6.07, 6.45) is -0.329. The number of halogens is 3. The minimum atomic E-state index is -5.01. The van der Waals surface area contributed by atoms with E-state index in [-0.39, 0.29) is 35.1 Å². The molecule has 2 aromatic carbocycles. The van der Waals surface area contributed by atoms with Gasteiger partial charge in [0.05, 0.1) is 17.5 Å². The molecule has 214 valence electrons. The van der Waals surface area contributed by atoms with Crippen molar-refractivity contribution in [3.05, 3.63) is 94.6 Å². The van der Waals surface area contributed by atoms with E-state index < -0.39 is 64.9 Å². The quantitative estimate of drug-likeness (QED) is 0.291. The lowest BCUT2D eigenvalue weighted by atomic mass is 9.59. The maximum Gasteiger partial charge on any atom is 0.573 e. The number of benzene rings is 2. The number of nitrogens with zero attached hydrogens (tertiary/aromatic N) is 1. The van der Waals surface area contributed by atoms with Crippen LogP contribution in [0.3, 0.4) is 0 Å². The van der Waals surface area contributed by atoms with Crippen molar-refractivity contribution in [1.82, 2.24) is 0 Å². The third-order valence-electron chi connectivity index (χ3n) is 8.50. The summed E-state index contributed by atoms with van der Waals surface area (Å²) >= 11 is 0. The molecule has 6 rings (SSSR count). The third kappa shape index (κ3) is 4.29. The molecule has 1 N–H and O–H groups in total. The van der Waals surface area contributed by atoms with Crippen molar-refractivity contribution in [2.75, 3.05) is 4.90 Å².